The Morgan fingerprint density at radius 2 is 2.27 bits per heavy atom. The molecule has 4 heteroatoms. The number of fused-ring (bicyclic) bond motifs is 1. The second-order valence-electron chi connectivity index (χ2n) is 2.18. The van der Waals surface area contributed by atoms with E-state index in [9.17, 15) is 4.79 Å². The summed E-state index contributed by atoms with van der Waals surface area (Å²) in [7, 11) is 0. The van der Waals surface area contributed by atoms with Crippen LogP contribution in [0.4, 0.5) is 0 Å². The predicted octanol–water partition coefficient (Wildman–Crippen LogP) is 1.77. The first kappa shape index (κ1) is 6.49. The largest absolute Gasteiger partial charge is 0.365 e. The van der Waals surface area contributed by atoms with Crippen molar-refractivity contribution in [3.63, 3.8) is 0 Å². The minimum atomic E-state index is -0.364. The number of aromatic amines is 1. The van der Waals surface area contributed by atoms with Gasteiger partial charge in [-0.1, -0.05) is 11.6 Å². The third kappa shape index (κ3) is 0.935. The second kappa shape index (κ2) is 2.13. The zero-order chi connectivity index (χ0) is 7.84. The van der Waals surface area contributed by atoms with Crippen molar-refractivity contribution in [2.24, 2.45) is 0 Å². The Bertz CT molecular complexity index is 443. The van der Waals surface area contributed by atoms with Crippen molar-refractivity contribution in [2.75, 3.05) is 0 Å². The van der Waals surface area contributed by atoms with Crippen LogP contribution in [0.5, 0.6) is 0 Å². The van der Waals surface area contributed by atoms with E-state index in [0.717, 1.165) is 0 Å². The van der Waals surface area contributed by atoms with E-state index in [1.807, 2.05) is 0 Å². The first-order valence-electron chi connectivity index (χ1n) is 3.04. The highest BCUT2D eigenvalue weighted by molar-refractivity contribution is 6.31. The van der Waals surface area contributed by atoms with Gasteiger partial charge >= 0.3 is 5.63 Å². The van der Waals surface area contributed by atoms with Crippen LogP contribution < -0.4 is 5.63 Å². The standard InChI is InChI=1S/C7H4ClNO2/c8-4-1-2-5-6(3-4)9-11-7(5)10/h1-3,9H. The molecule has 11 heavy (non-hydrogen) atoms. The molecule has 0 aliphatic heterocycles. The number of halogens is 1. The summed E-state index contributed by atoms with van der Waals surface area (Å²) < 4.78 is 4.53. The van der Waals surface area contributed by atoms with E-state index in [0.29, 0.717) is 15.9 Å². The molecule has 1 aromatic heterocycles. The number of hydrogen-bond donors (Lipinski definition) is 1. The molecule has 0 bridgehead atoms. The van der Waals surface area contributed by atoms with Crippen molar-refractivity contribution >= 4 is 22.5 Å². The molecule has 0 aliphatic carbocycles. The van der Waals surface area contributed by atoms with Gasteiger partial charge in [0, 0.05) is 5.02 Å². The number of nitrogens with one attached hydrogen (secondary N) is 1. The van der Waals surface area contributed by atoms with Gasteiger partial charge in [0.2, 0.25) is 0 Å². The molecule has 3 nitrogen and oxygen atoms in total. The van der Waals surface area contributed by atoms with E-state index in [2.05, 4.69) is 9.68 Å². The van der Waals surface area contributed by atoms with Gasteiger partial charge in [-0.2, -0.15) is 0 Å². The van der Waals surface area contributed by atoms with Gasteiger partial charge in [0.05, 0.1) is 10.9 Å². The van der Waals surface area contributed by atoms with E-state index < -0.39 is 0 Å². The van der Waals surface area contributed by atoms with E-state index in [1.165, 1.54) is 0 Å². The van der Waals surface area contributed by atoms with Crippen LogP contribution in [-0.4, -0.2) is 5.16 Å². The van der Waals surface area contributed by atoms with Crippen LogP contribution >= 0.6 is 11.6 Å². The zero-order valence-corrected chi connectivity index (χ0v) is 6.18. The smallest absolute Gasteiger partial charge is 0.338 e. The van der Waals surface area contributed by atoms with E-state index in [4.69, 9.17) is 11.6 Å². The lowest BCUT2D eigenvalue weighted by Gasteiger charge is -1.85. The van der Waals surface area contributed by atoms with Crippen LogP contribution in [0.2, 0.25) is 5.02 Å². The van der Waals surface area contributed by atoms with Gasteiger partial charge in [0.1, 0.15) is 0 Å². The number of aromatic nitrogens is 1. The maximum absolute atomic E-state index is 10.8. The summed E-state index contributed by atoms with van der Waals surface area (Å²) >= 11 is 5.66. The number of H-pyrrole nitrogens is 1. The molecule has 1 heterocycles. The molecule has 0 aliphatic rings. The summed E-state index contributed by atoms with van der Waals surface area (Å²) in [5.74, 6) is 0. The van der Waals surface area contributed by atoms with Crippen molar-refractivity contribution < 1.29 is 4.52 Å². The van der Waals surface area contributed by atoms with Crippen LogP contribution in [-0.2, 0) is 0 Å². The fourth-order valence-electron chi connectivity index (χ4n) is 0.935. The molecule has 0 saturated carbocycles. The Kier molecular flexibility index (Phi) is 1.26. The van der Waals surface area contributed by atoms with Gasteiger partial charge in [-0.3, -0.25) is 0 Å². The Morgan fingerprint density at radius 1 is 1.45 bits per heavy atom. The van der Waals surface area contributed by atoms with Crippen LogP contribution in [0.15, 0.2) is 27.5 Å². The van der Waals surface area contributed by atoms with E-state index in [-0.39, 0.29) is 5.63 Å². The summed E-state index contributed by atoms with van der Waals surface area (Å²) in [4.78, 5) is 10.8. The summed E-state index contributed by atoms with van der Waals surface area (Å²) in [6.07, 6.45) is 0. The van der Waals surface area contributed by atoms with Crippen LogP contribution in [0.3, 0.4) is 0 Å². The van der Waals surface area contributed by atoms with Gasteiger partial charge in [-0.15, -0.1) is 0 Å². The fourth-order valence-corrected chi connectivity index (χ4v) is 1.11. The van der Waals surface area contributed by atoms with Crippen molar-refractivity contribution in [3.05, 3.63) is 33.6 Å². The monoisotopic (exact) mass is 169 g/mol. The SMILES string of the molecule is O=c1o[nH]c2cc(Cl)ccc12. The minimum absolute atomic E-state index is 0.364. The molecule has 0 amide bonds. The lowest BCUT2D eigenvalue weighted by atomic mass is 10.3. The Morgan fingerprint density at radius 3 is 3.09 bits per heavy atom. The molecule has 1 N–H and O–H groups in total. The third-order valence-electron chi connectivity index (χ3n) is 1.46. The van der Waals surface area contributed by atoms with Gasteiger partial charge in [-0.25, -0.2) is 9.95 Å². The molecular weight excluding hydrogens is 166 g/mol. The van der Waals surface area contributed by atoms with Crippen molar-refractivity contribution in [1.29, 1.82) is 0 Å². The molecule has 0 spiro atoms. The molecule has 56 valence electrons. The molecule has 0 radical (unpaired) electrons. The molecular formula is C7H4ClNO2. The van der Waals surface area contributed by atoms with Gasteiger partial charge < -0.3 is 4.52 Å². The quantitative estimate of drug-likeness (QED) is 0.654. The minimum Gasteiger partial charge on any atom is -0.338 e. The van der Waals surface area contributed by atoms with Crippen molar-refractivity contribution in [2.45, 2.75) is 0 Å². The zero-order valence-electron chi connectivity index (χ0n) is 5.43. The average Bonchev–Trinajstić information content (AvgIpc) is 2.32. The first-order valence-corrected chi connectivity index (χ1v) is 3.42. The Balaban J connectivity index is 2.97. The molecule has 0 saturated heterocycles. The van der Waals surface area contributed by atoms with Gasteiger partial charge in [-0.05, 0) is 18.2 Å². The van der Waals surface area contributed by atoms with E-state index in [1.54, 1.807) is 18.2 Å². The van der Waals surface area contributed by atoms with E-state index >= 15 is 0 Å². The fraction of sp³-hybridized carbons (Fsp3) is 0. The summed E-state index contributed by atoms with van der Waals surface area (Å²) in [5.41, 5.74) is 0.263. The highest BCUT2D eigenvalue weighted by Crippen LogP contribution is 2.14. The summed E-state index contributed by atoms with van der Waals surface area (Å²) in [6.45, 7) is 0. The lowest BCUT2D eigenvalue weighted by molar-refractivity contribution is 0.400. The number of hydrogen-bond acceptors (Lipinski definition) is 2. The topological polar surface area (TPSA) is 46.0 Å². The molecule has 2 aromatic rings. The predicted molar refractivity (Wildman–Crippen MR) is 41.8 cm³/mol. The van der Waals surface area contributed by atoms with Crippen LogP contribution in [0, 0.1) is 0 Å². The molecule has 0 atom stereocenters. The molecule has 1 aromatic carbocycles. The normalized spacial score (nSPS) is 10.6. The first-order chi connectivity index (χ1) is 5.27. The van der Waals surface area contributed by atoms with Crippen molar-refractivity contribution in [1.82, 2.24) is 5.16 Å². The maximum Gasteiger partial charge on any atom is 0.365 e. The highest BCUT2D eigenvalue weighted by atomic mass is 35.5. The third-order valence-corrected chi connectivity index (χ3v) is 1.69. The molecule has 2 rings (SSSR count). The summed E-state index contributed by atoms with van der Waals surface area (Å²) in [5, 5.41) is 3.56. The van der Waals surface area contributed by atoms with Crippen LogP contribution in [0.25, 0.3) is 10.9 Å². The lowest BCUT2D eigenvalue weighted by Crippen LogP contribution is -1.89. The maximum atomic E-state index is 10.8. The number of benzene rings is 1. The Labute approximate surface area is 66.5 Å². The number of rotatable bonds is 0. The molecule has 0 fully saturated rings. The molecule has 0 unspecified atom stereocenters. The van der Waals surface area contributed by atoms with Crippen molar-refractivity contribution in [3.8, 4) is 0 Å². The van der Waals surface area contributed by atoms with Crippen LogP contribution in [0.1, 0.15) is 0 Å². The highest BCUT2D eigenvalue weighted by Gasteiger charge is 2.01. The summed E-state index contributed by atoms with van der Waals surface area (Å²) in [6, 6.07) is 4.91. The average molecular weight is 170 g/mol. The second-order valence-corrected chi connectivity index (χ2v) is 2.62. The van der Waals surface area contributed by atoms with Gasteiger partial charge in [0.25, 0.3) is 0 Å². The Hall–Kier alpha value is -1.22. The van der Waals surface area contributed by atoms with Gasteiger partial charge in [0.15, 0.2) is 0 Å².